The quantitative estimate of drug-likeness (QED) is 0.303. The van der Waals surface area contributed by atoms with Crippen LogP contribution in [0.4, 0.5) is 8.22 Å². The van der Waals surface area contributed by atoms with E-state index in [1.54, 1.807) is 0 Å². The molecule has 0 atom stereocenters. The van der Waals surface area contributed by atoms with Gasteiger partial charge in [0.05, 0.1) is 0 Å². The second-order valence-electron chi connectivity index (χ2n) is 5.80. The molecule has 0 heterocycles. The van der Waals surface area contributed by atoms with Crippen LogP contribution in [0, 0.1) is 0 Å². The Morgan fingerprint density at radius 3 is 0.889 bits per heavy atom. The fourth-order valence-corrected chi connectivity index (χ4v) is 11.7. The van der Waals surface area contributed by atoms with Gasteiger partial charge in [-0.3, -0.25) is 0 Å². The third-order valence-corrected chi connectivity index (χ3v) is 12.2. The molecule has 0 bridgehead atoms. The molecule has 0 radical (unpaired) electrons. The zero-order valence-electron chi connectivity index (χ0n) is 12.8. The van der Waals surface area contributed by atoms with E-state index >= 15 is 0 Å². The van der Waals surface area contributed by atoms with E-state index in [4.69, 9.17) is 0 Å². The van der Waals surface area contributed by atoms with Crippen molar-refractivity contribution >= 4 is 16.8 Å². The van der Waals surface area contributed by atoms with Crippen molar-refractivity contribution in [3.63, 3.8) is 0 Å². The maximum Gasteiger partial charge on any atom is 0.246 e. The largest absolute Gasteiger partial charge is 0.314 e. The molecule has 0 aromatic rings. The molecule has 0 aliphatic heterocycles. The van der Waals surface area contributed by atoms with Crippen LogP contribution in [0.3, 0.4) is 0 Å². The van der Waals surface area contributed by atoms with Crippen LogP contribution in [0.2, 0.25) is 36.3 Å². The van der Waals surface area contributed by atoms with Crippen LogP contribution in [-0.4, -0.2) is 16.8 Å². The van der Waals surface area contributed by atoms with Gasteiger partial charge in [0, 0.05) is 0 Å². The average molecular weight is 295 g/mol. The maximum atomic E-state index is 14.8. The monoisotopic (exact) mass is 294 g/mol. The number of hydrogen-bond donors (Lipinski definition) is 0. The van der Waals surface area contributed by atoms with Gasteiger partial charge in [-0.25, -0.2) is 0 Å². The SMILES string of the molecule is CCC[Si](F)(CCC)CC[Si](F)(CCC)CCC. The molecule has 0 aliphatic rings. The molecule has 0 aliphatic carbocycles. The molecule has 0 nitrogen and oxygen atoms in total. The van der Waals surface area contributed by atoms with Crippen LogP contribution in [-0.2, 0) is 0 Å². The van der Waals surface area contributed by atoms with E-state index in [1.165, 1.54) is 0 Å². The lowest BCUT2D eigenvalue weighted by Gasteiger charge is -2.27. The predicted molar refractivity (Wildman–Crippen MR) is 83.7 cm³/mol. The maximum absolute atomic E-state index is 14.8. The van der Waals surface area contributed by atoms with Crippen molar-refractivity contribution in [2.24, 2.45) is 0 Å². The summed E-state index contributed by atoms with van der Waals surface area (Å²) in [5.41, 5.74) is 0. The van der Waals surface area contributed by atoms with Crippen molar-refractivity contribution in [2.75, 3.05) is 0 Å². The Bertz CT molecular complexity index is 176. The predicted octanol–water partition coefficient (Wildman–Crippen LogP) is 6.46. The van der Waals surface area contributed by atoms with Crippen molar-refractivity contribution < 1.29 is 8.22 Å². The van der Waals surface area contributed by atoms with Crippen LogP contribution in [0.5, 0.6) is 0 Å². The molecular formula is C14H32F2Si2. The first-order valence-electron chi connectivity index (χ1n) is 7.83. The third kappa shape index (κ3) is 7.02. The Morgan fingerprint density at radius 2 is 0.722 bits per heavy atom. The highest BCUT2D eigenvalue weighted by molar-refractivity contribution is 6.78. The zero-order valence-corrected chi connectivity index (χ0v) is 14.8. The molecule has 0 unspecified atom stereocenters. The Balaban J connectivity index is 4.44. The summed E-state index contributed by atoms with van der Waals surface area (Å²) in [7, 11) is -5.25. The van der Waals surface area contributed by atoms with Gasteiger partial charge in [-0.2, -0.15) is 0 Å². The highest BCUT2D eigenvalue weighted by Crippen LogP contribution is 2.34. The van der Waals surface area contributed by atoms with E-state index in [9.17, 15) is 8.22 Å². The van der Waals surface area contributed by atoms with Crippen molar-refractivity contribution in [1.29, 1.82) is 0 Å². The smallest absolute Gasteiger partial charge is 0.246 e. The minimum atomic E-state index is -2.62. The van der Waals surface area contributed by atoms with Gasteiger partial charge in [0.25, 0.3) is 0 Å². The third-order valence-electron chi connectivity index (χ3n) is 3.81. The Morgan fingerprint density at radius 1 is 0.500 bits per heavy atom. The Labute approximate surface area is 115 Å². The molecule has 0 aromatic heterocycles. The van der Waals surface area contributed by atoms with E-state index in [1.807, 2.05) is 0 Å². The van der Waals surface area contributed by atoms with Crippen LogP contribution < -0.4 is 0 Å². The second-order valence-corrected chi connectivity index (χ2v) is 13.4. The van der Waals surface area contributed by atoms with E-state index in [2.05, 4.69) is 27.7 Å². The molecule has 0 aromatic carbocycles. The molecular weight excluding hydrogens is 262 g/mol. The summed E-state index contributed by atoms with van der Waals surface area (Å²) in [4.78, 5) is 0. The summed E-state index contributed by atoms with van der Waals surface area (Å²) < 4.78 is 29.6. The minimum absolute atomic E-state index is 0.595. The zero-order chi connectivity index (χ0) is 14.1. The lowest BCUT2D eigenvalue weighted by atomic mass is 10.6. The van der Waals surface area contributed by atoms with E-state index < -0.39 is 16.8 Å². The first-order chi connectivity index (χ1) is 8.45. The summed E-state index contributed by atoms with van der Waals surface area (Å²) in [6, 6.07) is 4.15. The van der Waals surface area contributed by atoms with Crippen molar-refractivity contribution in [3.8, 4) is 0 Å². The first kappa shape index (κ1) is 18.3. The molecule has 18 heavy (non-hydrogen) atoms. The summed E-state index contributed by atoms with van der Waals surface area (Å²) in [5, 5.41) is 0. The van der Waals surface area contributed by atoms with Gasteiger partial charge in [-0.05, 0) is 36.3 Å². The normalized spacial score (nSPS) is 13.0. The van der Waals surface area contributed by atoms with E-state index in [0.29, 0.717) is 12.1 Å². The molecule has 0 fully saturated rings. The molecule has 0 saturated carbocycles. The molecule has 4 heteroatoms. The van der Waals surface area contributed by atoms with Crippen molar-refractivity contribution in [3.05, 3.63) is 0 Å². The standard InChI is InChI=1S/C14H32F2Si2/c1-5-9-17(15,10-6-2)13-14-18(16,11-7-3)12-8-4/h5-14H2,1-4H3. The van der Waals surface area contributed by atoms with Gasteiger partial charge >= 0.3 is 0 Å². The van der Waals surface area contributed by atoms with Gasteiger partial charge in [0.1, 0.15) is 0 Å². The summed E-state index contributed by atoms with van der Waals surface area (Å²) >= 11 is 0. The summed E-state index contributed by atoms with van der Waals surface area (Å²) in [6.07, 6.45) is 3.69. The summed E-state index contributed by atoms with van der Waals surface area (Å²) in [6.45, 7) is 8.20. The lowest BCUT2D eigenvalue weighted by Crippen LogP contribution is -2.34. The van der Waals surface area contributed by atoms with Crippen LogP contribution >= 0.6 is 0 Å². The fourth-order valence-electron chi connectivity index (χ4n) is 2.99. The minimum Gasteiger partial charge on any atom is -0.314 e. The first-order valence-corrected chi connectivity index (χ1v) is 12.8. The van der Waals surface area contributed by atoms with Gasteiger partial charge in [0.15, 0.2) is 0 Å². The van der Waals surface area contributed by atoms with Crippen LogP contribution in [0.25, 0.3) is 0 Å². The number of hydrogen-bond acceptors (Lipinski definition) is 0. The lowest BCUT2D eigenvalue weighted by molar-refractivity contribution is 0.693. The topological polar surface area (TPSA) is 0 Å². The van der Waals surface area contributed by atoms with Gasteiger partial charge < -0.3 is 8.22 Å². The second kappa shape index (κ2) is 9.24. The van der Waals surface area contributed by atoms with E-state index in [-0.39, 0.29) is 0 Å². The van der Waals surface area contributed by atoms with Gasteiger partial charge in [-0.1, -0.05) is 53.4 Å². The van der Waals surface area contributed by atoms with Gasteiger partial charge in [-0.15, -0.1) is 0 Å². The van der Waals surface area contributed by atoms with Gasteiger partial charge in [0.2, 0.25) is 16.8 Å². The van der Waals surface area contributed by atoms with Crippen molar-refractivity contribution in [1.82, 2.24) is 0 Å². The number of halogens is 2. The highest BCUT2D eigenvalue weighted by atomic mass is 28.4. The molecule has 110 valence electrons. The Hall–Kier alpha value is 0.294. The van der Waals surface area contributed by atoms with Crippen molar-refractivity contribution in [2.45, 2.75) is 89.6 Å². The molecule has 0 saturated heterocycles. The number of rotatable bonds is 11. The Kier molecular flexibility index (Phi) is 9.39. The molecule has 0 amide bonds. The van der Waals surface area contributed by atoms with Crippen LogP contribution in [0.15, 0.2) is 0 Å². The van der Waals surface area contributed by atoms with Crippen LogP contribution in [0.1, 0.15) is 53.4 Å². The average Bonchev–Trinajstić information content (AvgIpc) is 2.28. The molecule has 0 spiro atoms. The fraction of sp³-hybridized carbons (Fsp3) is 1.00. The summed E-state index contributed by atoms with van der Waals surface area (Å²) in [5.74, 6) is 0. The van der Waals surface area contributed by atoms with E-state index in [0.717, 1.165) is 49.9 Å². The highest BCUT2D eigenvalue weighted by Gasteiger charge is 2.39. The molecule has 0 N–H and O–H groups in total. The molecule has 0 rings (SSSR count).